The molecule has 3 aromatic carbocycles. The van der Waals surface area contributed by atoms with Crippen molar-refractivity contribution in [3.63, 3.8) is 0 Å². The van der Waals surface area contributed by atoms with Gasteiger partial charge in [-0.1, -0.05) is 71.8 Å². The van der Waals surface area contributed by atoms with Crippen LogP contribution >= 0.6 is 0 Å². The summed E-state index contributed by atoms with van der Waals surface area (Å²) in [5.41, 5.74) is 5.09. The zero-order chi connectivity index (χ0) is 20.2. The van der Waals surface area contributed by atoms with E-state index in [4.69, 9.17) is 0 Å². The standard InChI is InChI=1S/C24H22N4O/c1-17-11-13-21(14-12-17)28-23(20-10-6-7-18(2)15-20)26-22(27-28)24(29)25-16-19-8-4-3-5-9-19/h3-15H,16H2,1-2H3,(H,25,29). The quantitative estimate of drug-likeness (QED) is 0.554. The molecule has 1 aromatic heterocycles. The fourth-order valence-corrected chi connectivity index (χ4v) is 3.10. The Morgan fingerprint density at radius 3 is 2.38 bits per heavy atom. The Morgan fingerprint density at radius 1 is 0.897 bits per heavy atom. The number of carbonyl (C=O) groups is 1. The lowest BCUT2D eigenvalue weighted by Gasteiger charge is -2.07. The van der Waals surface area contributed by atoms with E-state index in [1.807, 2.05) is 92.7 Å². The van der Waals surface area contributed by atoms with E-state index >= 15 is 0 Å². The zero-order valence-electron chi connectivity index (χ0n) is 16.5. The van der Waals surface area contributed by atoms with Crippen LogP contribution in [0.15, 0.2) is 78.9 Å². The van der Waals surface area contributed by atoms with Crippen molar-refractivity contribution in [1.82, 2.24) is 20.1 Å². The van der Waals surface area contributed by atoms with Crippen molar-refractivity contribution in [1.29, 1.82) is 0 Å². The fourth-order valence-electron chi connectivity index (χ4n) is 3.10. The van der Waals surface area contributed by atoms with Crippen LogP contribution in [0.1, 0.15) is 27.3 Å². The molecule has 4 aromatic rings. The topological polar surface area (TPSA) is 59.8 Å². The van der Waals surface area contributed by atoms with E-state index in [1.54, 1.807) is 4.68 Å². The molecule has 29 heavy (non-hydrogen) atoms. The van der Waals surface area contributed by atoms with E-state index < -0.39 is 0 Å². The number of benzene rings is 3. The van der Waals surface area contributed by atoms with Gasteiger partial charge in [0, 0.05) is 12.1 Å². The summed E-state index contributed by atoms with van der Waals surface area (Å²) in [6.45, 7) is 4.50. The minimum absolute atomic E-state index is 0.151. The Kier molecular flexibility index (Phi) is 5.20. The Hall–Kier alpha value is -3.73. The minimum atomic E-state index is -0.298. The second kappa shape index (κ2) is 8.10. The SMILES string of the molecule is Cc1ccc(-n2nc(C(=O)NCc3ccccc3)nc2-c2cccc(C)c2)cc1. The first-order valence-corrected chi connectivity index (χ1v) is 9.53. The molecule has 0 unspecified atom stereocenters. The van der Waals surface area contributed by atoms with Gasteiger partial charge in [-0.3, -0.25) is 4.79 Å². The summed E-state index contributed by atoms with van der Waals surface area (Å²) < 4.78 is 1.73. The Balaban J connectivity index is 1.69. The maximum atomic E-state index is 12.7. The lowest BCUT2D eigenvalue weighted by Crippen LogP contribution is -2.24. The van der Waals surface area contributed by atoms with E-state index in [0.717, 1.165) is 27.9 Å². The van der Waals surface area contributed by atoms with Crippen LogP contribution in [0.2, 0.25) is 0 Å². The number of aromatic nitrogens is 3. The van der Waals surface area contributed by atoms with E-state index in [9.17, 15) is 4.79 Å². The number of amides is 1. The maximum absolute atomic E-state index is 12.7. The van der Waals surface area contributed by atoms with Crippen molar-refractivity contribution in [3.05, 3.63) is 101 Å². The third kappa shape index (κ3) is 4.24. The van der Waals surface area contributed by atoms with Crippen molar-refractivity contribution in [3.8, 4) is 17.1 Å². The third-order valence-electron chi connectivity index (χ3n) is 4.66. The number of nitrogens with one attached hydrogen (secondary N) is 1. The molecule has 5 heteroatoms. The van der Waals surface area contributed by atoms with Gasteiger partial charge in [-0.2, -0.15) is 0 Å². The summed E-state index contributed by atoms with van der Waals surface area (Å²) in [5, 5.41) is 7.42. The summed E-state index contributed by atoms with van der Waals surface area (Å²) in [5.74, 6) is 0.494. The van der Waals surface area contributed by atoms with E-state index in [-0.39, 0.29) is 11.7 Å². The molecule has 0 fully saturated rings. The average molecular weight is 382 g/mol. The smallest absolute Gasteiger partial charge is 0.291 e. The molecule has 0 saturated heterocycles. The van der Waals surface area contributed by atoms with Gasteiger partial charge in [-0.15, -0.1) is 5.10 Å². The monoisotopic (exact) mass is 382 g/mol. The Bertz CT molecular complexity index is 1130. The first-order valence-electron chi connectivity index (χ1n) is 9.53. The van der Waals surface area contributed by atoms with Gasteiger partial charge in [0.1, 0.15) is 0 Å². The molecule has 5 nitrogen and oxygen atoms in total. The van der Waals surface area contributed by atoms with Gasteiger partial charge < -0.3 is 5.32 Å². The highest BCUT2D eigenvalue weighted by atomic mass is 16.2. The van der Waals surface area contributed by atoms with Crippen LogP contribution in [0.25, 0.3) is 17.1 Å². The van der Waals surface area contributed by atoms with Gasteiger partial charge in [0.2, 0.25) is 5.82 Å². The fraction of sp³-hybridized carbons (Fsp3) is 0.125. The number of rotatable bonds is 5. The summed E-state index contributed by atoms with van der Waals surface area (Å²) in [6.07, 6.45) is 0. The van der Waals surface area contributed by atoms with Gasteiger partial charge in [0.25, 0.3) is 5.91 Å². The van der Waals surface area contributed by atoms with Crippen molar-refractivity contribution < 1.29 is 4.79 Å². The van der Waals surface area contributed by atoms with Crippen LogP contribution in [0.4, 0.5) is 0 Å². The minimum Gasteiger partial charge on any atom is -0.345 e. The highest BCUT2D eigenvalue weighted by molar-refractivity contribution is 5.91. The zero-order valence-corrected chi connectivity index (χ0v) is 16.5. The lowest BCUT2D eigenvalue weighted by molar-refractivity contribution is 0.0940. The number of hydrogen-bond acceptors (Lipinski definition) is 3. The van der Waals surface area contributed by atoms with Gasteiger partial charge in [-0.05, 0) is 37.6 Å². The molecule has 4 rings (SSSR count). The molecule has 1 heterocycles. The Morgan fingerprint density at radius 2 is 1.66 bits per heavy atom. The number of hydrogen-bond donors (Lipinski definition) is 1. The second-order valence-corrected chi connectivity index (χ2v) is 7.04. The molecule has 0 radical (unpaired) electrons. The summed E-state index contributed by atoms with van der Waals surface area (Å²) in [7, 11) is 0. The highest BCUT2D eigenvalue weighted by Gasteiger charge is 2.18. The average Bonchev–Trinajstić information content (AvgIpc) is 3.19. The molecular formula is C24H22N4O. The predicted molar refractivity (Wildman–Crippen MR) is 114 cm³/mol. The van der Waals surface area contributed by atoms with E-state index in [0.29, 0.717) is 12.4 Å². The van der Waals surface area contributed by atoms with E-state index in [2.05, 4.69) is 15.4 Å². The summed E-state index contributed by atoms with van der Waals surface area (Å²) >= 11 is 0. The second-order valence-electron chi connectivity index (χ2n) is 7.04. The summed E-state index contributed by atoms with van der Waals surface area (Å²) in [6, 6.07) is 25.8. The van der Waals surface area contributed by atoms with Gasteiger partial charge in [0.15, 0.2) is 5.82 Å². The molecular weight excluding hydrogens is 360 g/mol. The molecule has 0 saturated carbocycles. The van der Waals surface area contributed by atoms with E-state index in [1.165, 1.54) is 0 Å². The van der Waals surface area contributed by atoms with Gasteiger partial charge in [0.05, 0.1) is 5.69 Å². The Labute approximate surface area is 170 Å². The number of nitrogens with zero attached hydrogens (tertiary/aromatic N) is 3. The molecule has 144 valence electrons. The molecule has 1 N–H and O–H groups in total. The van der Waals surface area contributed by atoms with Crippen LogP contribution in [0, 0.1) is 13.8 Å². The van der Waals surface area contributed by atoms with Gasteiger partial charge in [-0.25, -0.2) is 9.67 Å². The highest BCUT2D eigenvalue weighted by Crippen LogP contribution is 2.22. The normalized spacial score (nSPS) is 10.7. The first kappa shape index (κ1) is 18.6. The number of aryl methyl sites for hydroxylation is 2. The maximum Gasteiger partial charge on any atom is 0.291 e. The predicted octanol–water partition coefficient (Wildman–Crippen LogP) is 4.48. The largest absolute Gasteiger partial charge is 0.345 e. The molecule has 0 aliphatic rings. The molecule has 0 atom stereocenters. The van der Waals surface area contributed by atoms with Crippen molar-refractivity contribution in [2.45, 2.75) is 20.4 Å². The van der Waals surface area contributed by atoms with Crippen molar-refractivity contribution >= 4 is 5.91 Å². The molecule has 0 aliphatic carbocycles. The van der Waals surface area contributed by atoms with Crippen LogP contribution < -0.4 is 5.32 Å². The van der Waals surface area contributed by atoms with Crippen LogP contribution in [-0.2, 0) is 6.54 Å². The third-order valence-corrected chi connectivity index (χ3v) is 4.66. The molecule has 0 spiro atoms. The lowest BCUT2D eigenvalue weighted by atomic mass is 10.1. The number of carbonyl (C=O) groups excluding carboxylic acids is 1. The van der Waals surface area contributed by atoms with Crippen LogP contribution in [-0.4, -0.2) is 20.7 Å². The molecule has 1 amide bonds. The van der Waals surface area contributed by atoms with Crippen LogP contribution in [0.3, 0.4) is 0 Å². The summed E-state index contributed by atoms with van der Waals surface area (Å²) in [4.78, 5) is 17.3. The van der Waals surface area contributed by atoms with Crippen molar-refractivity contribution in [2.24, 2.45) is 0 Å². The van der Waals surface area contributed by atoms with Crippen LogP contribution in [0.5, 0.6) is 0 Å². The van der Waals surface area contributed by atoms with Crippen molar-refractivity contribution in [2.75, 3.05) is 0 Å². The molecule has 0 bridgehead atoms. The van der Waals surface area contributed by atoms with Gasteiger partial charge >= 0.3 is 0 Å². The first-order chi connectivity index (χ1) is 14.1. The molecule has 0 aliphatic heterocycles.